The molecule has 0 aliphatic heterocycles. The molecule has 8 heteroatoms. The summed E-state index contributed by atoms with van der Waals surface area (Å²) in [6.07, 6.45) is 2.35. The monoisotopic (exact) mass is 437 g/mol. The van der Waals surface area contributed by atoms with Gasteiger partial charge in [0, 0.05) is 28.1 Å². The Morgan fingerprint density at radius 3 is 2.56 bits per heavy atom. The number of pyridine rings is 1. The maximum Gasteiger partial charge on any atom is 0.306 e. The zero-order chi connectivity index (χ0) is 22.7. The Labute approximate surface area is 181 Å². The second-order valence-electron chi connectivity index (χ2n) is 8.73. The van der Waals surface area contributed by atoms with E-state index in [0.29, 0.717) is 46.0 Å². The number of hydrogen-bond acceptors (Lipinski definition) is 3. The van der Waals surface area contributed by atoms with Gasteiger partial charge in [-0.05, 0) is 54.0 Å². The maximum atomic E-state index is 14.2. The summed E-state index contributed by atoms with van der Waals surface area (Å²) in [7, 11) is 0. The minimum absolute atomic E-state index is 0.126. The molecule has 32 heavy (non-hydrogen) atoms. The molecule has 0 spiro atoms. The number of carboxylic acid groups (broad SMARTS) is 1. The van der Waals surface area contributed by atoms with Gasteiger partial charge in [0.25, 0.3) is 5.56 Å². The van der Waals surface area contributed by atoms with E-state index in [9.17, 15) is 23.5 Å². The van der Waals surface area contributed by atoms with Crippen molar-refractivity contribution in [3.8, 4) is 11.1 Å². The number of aromatic nitrogens is 3. The fourth-order valence-corrected chi connectivity index (χ4v) is 4.76. The molecule has 0 amide bonds. The first-order chi connectivity index (χ1) is 15.3. The highest BCUT2D eigenvalue weighted by atomic mass is 19.2. The molecule has 2 N–H and O–H groups in total. The number of fused-ring (bicyclic) bond motifs is 2. The minimum atomic E-state index is -0.970. The average molecular weight is 437 g/mol. The van der Waals surface area contributed by atoms with Crippen molar-refractivity contribution in [1.29, 1.82) is 0 Å². The number of aliphatic carboxylic acids is 1. The fraction of sp³-hybridized carbons (Fsp3) is 0.292. The molecular formula is C24H21F2N3O3. The van der Waals surface area contributed by atoms with Crippen LogP contribution in [0.1, 0.15) is 44.3 Å². The highest BCUT2D eigenvalue weighted by Gasteiger charge is 2.38. The molecule has 0 radical (unpaired) electrons. The number of carbonyl (C=O) groups is 1. The van der Waals surface area contributed by atoms with Gasteiger partial charge in [-0.25, -0.2) is 8.78 Å². The first-order valence-electron chi connectivity index (χ1n) is 10.5. The van der Waals surface area contributed by atoms with E-state index in [1.807, 2.05) is 19.9 Å². The van der Waals surface area contributed by atoms with E-state index >= 15 is 0 Å². The van der Waals surface area contributed by atoms with Crippen LogP contribution in [0.5, 0.6) is 0 Å². The lowest BCUT2D eigenvalue weighted by Gasteiger charge is -2.37. The Bertz CT molecular complexity index is 1450. The van der Waals surface area contributed by atoms with E-state index in [2.05, 4.69) is 10.2 Å². The average Bonchev–Trinajstić information content (AvgIpc) is 3.16. The normalized spacial score (nSPS) is 18.4. The lowest BCUT2D eigenvalue weighted by molar-refractivity contribution is -0.146. The summed E-state index contributed by atoms with van der Waals surface area (Å²) in [6.45, 7) is 3.87. The predicted molar refractivity (Wildman–Crippen MR) is 117 cm³/mol. The van der Waals surface area contributed by atoms with E-state index in [4.69, 9.17) is 0 Å². The molecule has 1 fully saturated rings. The number of hydrogen-bond donors (Lipinski definition) is 2. The lowest BCUT2D eigenvalue weighted by atomic mass is 9.79. The number of H-pyrrole nitrogens is 1. The van der Waals surface area contributed by atoms with Crippen molar-refractivity contribution >= 4 is 27.6 Å². The van der Waals surface area contributed by atoms with Crippen LogP contribution in [0.4, 0.5) is 8.78 Å². The van der Waals surface area contributed by atoms with Gasteiger partial charge < -0.3 is 9.67 Å². The molecule has 4 aromatic rings. The zero-order valence-corrected chi connectivity index (χ0v) is 17.5. The van der Waals surface area contributed by atoms with Gasteiger partial charge in [0.2, 0.25) is 0 Å². The second-order valence-corrected chi connectivity index (χ2v) is 8.73. The summed E-state index contributed by atoms with van der Waals surface area (Å²) in [5.41, 5.74) is 2.26. The number of nitrogens with one attached hydrogen (secondary N) is 1. The Hall–Kier alpha value is -3.55. The molecule has 164 valence electrons. The standard InChI is InChI=1S/C24H21F2N3O3/c1-11(2)22-21(12-3-4-18(25)19(26)8-12)16-7-14-10-27-28-20(14)9-17(16)23(30)29(22)15-5-13(6-15)24(31)32/h3-4,7-11,13,15H,5-6H2,1-2H3,(H,27,28)(H,31,32)/t13-,15-. The molecule has 2 heterocycles. The van der Waals surface area contributed by atoms with Crippen molar-refractivity contribution in [2.45, 2.75) is 38.6 Å². The first kappa shape index (κ1) is 20.4. The third kappa shape index (κ3) is 3.01. The molecule has 5 rings (SSSR count). The molecule has 0 saturated heterocycles. The summed E-state index contributed by atoms with van der Waals surface area (Å²) in [5, 5.41) is 18.1. The van der Waals surface area contributed by atoms with Crippen LogP contribution in [0, 0.1) is 17.6 Å². The summed E-state index contributed by atoms with van der Waals surface area (Å²) < 4.78 is 29.6. The van der Waals surface area contributed by atoms with Crippen LogP contribution in [0.25, 0.3) is 32.8 Å². The quantitative estimate of drug-likeness (QED) is 0.471. The van der Waals surface area contributed by atoms with E-state index < -0.39 is 23.5 Å². The van der Waals surface area contributed by atoms with Crippen molar-refractivity contribution in [1.82, 2.24) is 14.8 Å². The maximum absolute atomic E-state index is 14.2. The molecule has 0 unspecified atom stereocenters. The second kappa shape index (κ2) is 7.25. The van der Waals surface area contributed by atoms with Crippen LogP contribution < -0.4 is 5.56 Å². The van der Waals surface area contributed by atoms with Crippen LogP contribution in [-0.2, 0) is 4.79 Å². The summed E-state index contributed by atoms with van der Waals surface area (Å²) in [4.78, 5) is 25.1. The van der Waals surface area contributed by atoms with Gasteiger partial charge in [0.1, 0.15) is 0 Å². The number of benzene rings is 2. The van der Waals surface area contributed by atoms with Gasteiger partial charge in [0.15, 0.2) is 11.6 Å². The highest BCUT2D eigenvalue weighted by molar-refractivity contribution is 6.04. The van der Waals surface area contributed by atoms with Gasteiger partial charge >= 0.3 is 5.97 Å². The number of aromatic amines is 1. The molecule has 1 aliphatic carbocycles. The van der Waals surface area contributed by atoms with E-state index in [-0.39, 0.29) is 17.5 Å². The Morgan fingerprint density at radius 1 is 1.16 bits per heavy atom. The molecule has 2 aromatic heterocycles. The summed E-state index contributed by atoms with van der Waals surface area (Å²) >= 11 is 0. The molecule has 1 aliphatic rings. The van der Waals surface area contributed by atoms with Crippen LogP contribution in [-0.4, -0.2) is 25.8 Å². The van der Waals surface area contributed by atoms with Gasteiger partial charge in [-0.1, -0.05) is 19.9 Å². The van der Waals surface area contributed by atoms with Crippen LogP contribution in [0.15, 0.2) is 41.3 Å². The van der Waals surface area contributed by atoms with E-state index in [0.717, 1.165) is 17.5 Å². The lowest BCUT2D eigenvalue weighted by Crippen LogP contribution is -2.39. The van der Waals surface area contributed by atoms with Crippen molar-refractivity contribution < 1.29 is 18.7 Å². The number of rotatable bonds is 4. The zero-order valence-electron chi connectivity index (χ0n) is 17.5. The number of halogens is 2. The molecule has 1 saturated carbocycles. The number of nitrogens with zero attached hydrogens (tertiary/aromatic N) is 2. The van der Waals surface area contributed by atoms with Crippen LogP contribution in [0.3, 0.4) is 0 Å². The molecule has 0 bridgehead atoms. The third-order valence-corrected chi connectivity index (χ3v) is 6.40. The Morgan fingerprint density at radius 2 is 1.91 bits per heavy atom. The largest absolute Gasteiger partial charge is 0.481 e. The highest BCUT2D eigenvalue weighted by Crippen LogP contribution is 2.43. The van der Waals surface area contributed by atoms with Gasteiger partial charge in [-0.15, -0.1) is 0 Å². The Kier molecular flexibility index (Phi) is 4.62. The summed E-state index contributed by atoms with van der Waals surface area (Å²) in [5.74, 6) is -3.41. The van der Waals surface area contributed by atoms with Gasteiger partial charge in [0.05, 0.1) is 17.6 Å². The van der Waals surface area contributed by atoms with Crippen molar-refractivity contribution in [3.63, 3.8) is 0 Å². The van der Waals surface area contributed by atoms with Crippen molar-refractivity contribution in [2.24, 2.45) is 5.92 Å². The van der Waals surface area contributed by atoms with Crippen molar-refractivity contribution in [3.05, 3.63) is 64.2 Å². The fourth-order valence-electron chi connectivity index (χ4n) is 4.76. The van der Waals surface area contributed by atoms with Gasteiger partial charge in [-0.3, -0.25) is 14.7 Å². The Balaban J connectivity index is 1.89. The van der Waals surface area contributed by atoms with Crippen LogP contribution >= 0.6 is 0 Å². The van der Waals surface area contributed by atoms with Crippen molar-refractivity contribution in [2.75, 3.05) is 0 Å². The first-order valence-corrected chi connectivity index (χ1v) is 10.5. The topological polar surface area (TPSA) is 88.0 Å². The molecule has 0 atom stereocenters. The van der Waals surface area contributed by atoms with Crippen LogP contribution in [0.2, 0.25) is 0 Å². The minimum Gasteiger partial charge on any atom is -0.481 e. The van der Waals surface area contributed by atoms with E-state index in [1.165, 1.54) is 6.07 Å². The molecule has 6 nitrogen and oxygen atoms in total. The number of carboxylic acids is 1. The van der Waals surface area contributed by atoms with E-state index in [1.54, 1.807) is 16.8 Å². The predicted octanol–water partition coefficient (Wildman–Crippen LogP) is 4.98. The summed E-state index contributed by atoms with van der Waals surface area (Å²) in [6, 6.07) is 7.02. The molecular weight excluding hydrogens is 416 g/mol. The molecule has 2 aromatic carbocycles. The van der Waals surface area contributed by atoms with Gasteiger partial charge in [-0.2, -0.15) is 5.10 Å². The SMILES string of the molecule is CC(C)c1c(-c2ccc(F)c(F)c2)c2cc3cn[nH]c3cc2c(=O)n1[C@H]1C[C@H](C(=O)O)C1. The third-order valence-electron chi connectivity index (χ3n) is 6.40. The smallest absolute Gasteiger partial charge is 0.306 e.